The van der Waals surface area contributed by atoms with Gasteiger partial charge in [-0.2, -0.15) is 0 Å². The Balaban J connectivity index is 2.18. The molecule has 22 heavy (non-hydrogen) atoms. The van der Waals surface area contributed by atoms with Crippen molar-refractivity contribution >= 4 is 11.6 Å². The molecule has 1 amide bonds. The van der Waals surface area contributed by atoms with Gasteiger partial charge < -0.3 is 19.3 Å². The predicted octanol–water partition coefficient (Wildman–Crippen LogP) is 1.41. The fourth-order valence-corrected chi connectivity index (χ4v) is 2.70. The largest absolute Gasteiger partial charge is 0.382 e. The van der Waals surface area contributed by atoms with Crippen LogP contribution in [0.2, 0.25) is 0 Å². The van der Waals surface area contributed by atoms with Gasteiger partial charge in [-0.15, -0.1) is 0 Å². The number of anilines is 1. The van der Waals surface area contributed by atoms with Crippen LogP contribution in [0.3, 0.4) is 0 Å². The normalized spacial score (nSPS) is 20.8. The summed E-state index contributed by atoms with van der Waals surface area (Å²) in [6.07, 6.45) is 1.55. The van der Waals surface area contributed by atoms with E-state index in [0.29, 0.717) is 25.4 Å². The number of nitrogens with zero attached hydrogens (tertiary/aromatic N) is 3. The molecule has 0 aromatic carbocycles. The van der Waals surface area contributed by atoms with Gasteiger partial charge in [0.2, 0.25) is 0 Å². The van der Waals surface area contributed by atoms with Crippen LogP contribution in [0.25, 0.3) is 0 Å². The first-order valence-electron chi connectivity index (χ1n) is 7.42. The van der Waals surface area contributed by atoms with Crippen molar-refractivity contribution in [1.29, 1.82) is 0 Å². The zero-order valence-corrected chi connectivity index (χ0v) is 14.0. The number of rotatable bonds is 4. The molecule has 1 saturated heterocycles. The maximum absolute atomic E-state index is 12.8. The quantitative estimate of drug-likeness (QED) is 0.842. The topological polar surface area (TPSA) is 54.9 Å². The second-order valence-electron chi connectivity index (χ2n) is 6.43. The zero-order valence-electron chi connectivity index (χ0n) is 14.0. The molecule has 1 fully saturated rings. The Morgan fingerprint density at radius 2 is 2.27 bits per heavy atom. The van der Waals surface area contributed by atoms with Gasteiger partial charge in [-0.05, 0) is 26.0 Å². The van der Waals surface area contributed by atoms with Gasteiger partial charge in [0, 0.05) is 46.2 Å². The van der Waals surface area contributed by atoms with Gasteiger partial charge in [-0.3, -0.25) is 9.78 Å². The minimum absolute atomic E-state index is 0.0684. The third-order valence-electron chi connectivity index (χ3n) is 3.60. The van der Waals surface area contributed by atoms with E-state index >= 15 is 0 Å². The molecule has 0 saturated carbocycles. The Morgan fingerprint density at radius 1 is 1.55 bits per heavy atom. The Hall–Kier alpha value is -1.66. The van der Waals surface area contributed by atoms with E-state index in [1.165, 1.54) is 0 Å². The van der Waals surface area contributed by atoms with E-state index in [0.717, 1.165) is 5.69 Å². The average molecular weight is 307 g/mol. The van der Waals surface area contributed by atoms with Crippen molar-refractivity contribution in [2.75, 3.05) is 45.8 Å². The number of aromatic nitrogens is 1. The highest BCUT2D eigenvalue weighted by molar-refractivity contribution is 5.93. The van der Waals surface area contributed by atoms with Gasteiger partial charge in [0.05, 0.1) is 18.3 Å². The molecule has 6 heteroatoms. The van der Waals surface area contributed by atoms with Crippen molar-refractivity contribution in [2.24, 2.45) is 0 Å². The van der Waals surface area contributed by atoms with Crippen LogP contribution in [0.15, 0.2) is 18.3 Å². The van der Waals surface area contributed by atoms with Crippen LogP contribution < -0.4 is 4.90 Å². The van der Waals surface area contributed by atoms with Crippen molar-refractivity contribution in [2.45, 2.75) is 25.6 Å². The molecule has 2 rings (SSSR count). The molecular formula is C16H25N3O3. The van der Waals surface area contributed by atoms with E-state index in [1.54, 1.807) is 18.2 Å². The zero-order chi connectivity index (χ0) is 16.3. The van der Waals surface area contributed by atoms with Crippen LogP contribution in [0.5, 0.6) is 0 Å². The molecule has 0 bridgehead atoms. The summed E-state index contributed by atoms with van der Waals surface area (Å²) in [5.41, 5.74) is 1.02. The summed E-state index contributed by atoms with van der Waals surface area (Å²) >= 11 is 0. The molecule has 1 aliphatic rings. The smallest absolute Gasteiger partial charge is 0.272 e. The molecule has 0 aliphatic carbocycles. The molecule has 0 radical (unpaired) electrons. The maximum atomic E-state index is 12.8. The SMILES string of the molecule is COC[C@H]1CN(C(=O)c2cc(N(C)C)ccn2)CC(C)(C)O1. The first-order chi connectivity index (χ1) is 10.3. The van der Waals surface area contributed by atoms with E-state index in [4.69, 9.17) is 9.47 Å². The van der Waals surface area contributed by atoms with Gasteiger partial charge in [0.15, 0.2) is 0 Å². The van der Waals surface area contributed by atoms with E-state index in [1.807, 2.05) is 45.0 Å². The van der Waals surface area contributed by atoms with E-state index in [9.17, 15) is 4.79 Å². The van der Waals surface area contributed by atoms with Crippen molar-refractivity contribution in [3.63, 3.8) is 0 Å². The first-order valence-corrected chi connectivity index (χ1v) is 7.42. The summed E-state index contributed by atoms with van der Waals surface area (Å²) in [4.78, 5) is 20.7. The number of pyridine rings is 1. The molecule has 2 heterocycles. The minimum Gasteiger partial charge on any atom is -0.382 e. The van der Waals surface area contributed by atoms with Gasteiger partial charge in [0.25, 0.3) is 5.91 Å². The average Bonchev–Trinajstić information content (AvgIpc) is 2.45. The van der Waals surface area contributed by atoms with Gasteiger partial charge >= 0.3 is 0 Å². The number of morpholine rings is 1. The third kappa shape index (κ3) is 3.96. The highest BCUT2D eigenvalue weighted by Gasteiger charge is 2.36. The molecular weight excluding hydrogens is 282 g/mol. The molecule has 1 aliphatic heterocycles. The lowest BCUT2D eigenvalue weighted by molar-refractivity contribution is -0.143. The van der Waals surface area contributed by atoms with Crippen LogP contribution in [0.1, 0.15) is 24.3 Å². The number of methoxy groups -OCH3 is 1. The summed E-state index contributed by atoms with van der Waals surface area (Å²) < 4.78 is 11.1. The van der Waals surface area contributed by atoms with E-state index < -0.39 is 5.60 Å². The molecule has 122 valence electrons. The number of ether oxygens (including phenoxy) is 2. The highest BCUT2D eigenvalue weighted by Crippen LogP contribution is 2.23. The van der Waals surface area contributed by atoms with E-state index in [2.05, 4.69) is 4.98 Å². The fourth-order valence-electron chi connectivity index (χ4n) is 2.70. The monoisotopic (exact) mass is 307 g/mol. The number of hydrogen-bond acceptors (Lipinski definition) is 5. The third-order valence-corrected chi connectivity index (χ3v) is 3.60. The lowest BCUT2D eigenvalue weighted by Gasteiger charge is -2.42. The van der Waals surface area contributed by atoms with Crippen molar-refractivity contribution in [3.8, 4) is 0 Å². The molecule has 0 unspecified atom stereocenters. The van der Waals surface area contributed by atoms with Crippen molar-refractivity contribution in [3.05, 3.63) is 24.0 Å². The maximum Gasteiger partial charge on any atom is 0.272 e. The van der Waals surface area contributed by atoms with Crippen molar-refractivity contribution in [1.82, 2.24) is 9.88 Å². The van der Waals surface area contributed by atoms with Crippen molar-refractivity contribution < 1.29 is 14.3 Å². The van der Waals surface area contributed by atoms with Crippen LogP contribution in [0, 0.1) is 0 Å². The lowest BCUT2D eigenvalue weighted by Crippen LogP contribution is -2.55. The highest BCUT2D eigenvalue weighted by atomic mass is 16.5. The summed E-state index contributed by atoms with van der Waals surface area (Å²) in [6, 6.07) is 3.70. The Kier molecular flexibility index (Phi) is 5.03. The molecule has 1 aromatic rings. The summed E-state index contributed by atoms with van der Waals surface area (Å²) in [7, 11) is 5.52. The van der Waals surface area contributed by atoms with Crippen LogP contribution in [-0.2, 0) is 9.47 Å². The molecule has 1 atom stereocenters. The minimum atomic E-state index is -0.393. The Morgan fingerprint density at radius 3 is 2.91 bits per heavy atom. The summed E-state index contributed by atoms with van der Waals surface area (Å²) in [6.45, 7) is 5.50. The number of hydrogen-bond donors (Lipinski definition) is 0. The lowest BCUT2D eigenvalue weighted by atomic mass is 10.0. The standard InChI is InChI=1S/C16H25N3O3/c1-16(2)11-19(9-13(22-16)10-21-5)15(20)14-8-12(18(3)4)6-7-17-14/h6-8,13H,9-11H2,1-5H3/t13-/m1/s1. The van der Waals surface area contributed by atoms with Gasteiger partial charge in [-0.1, -0.05) is 0 Å². The first kappa shape index (κ1) is 16.7. The Bertz CT molecular complexity index is 531. The van der Waals surface area contributed by atoms with Crippen LogP contribution in [0.4, 0.5) is 5.69 Å². The number of carbonyl (C=O) groups is 1. The number of carbonyl (C=O) groups excluding carboxylic acids is 1. The molecule has 6 nitrogen and oxygen atoms in total. The molecule has 0 spiro atoms. The fraction of sp³-hybridized carbons (Fsp3) is 0.625. The van der Waals surface area contributed by atoms with Crippen LogP contribution in [-0.4, -0.2) is 68.4 Å². The molecule has 0 N–H and O–H groups in total. The van der Waals surface area contributed by atoms with E-state index in [-0.39, 0.29) is 12.0 Å². The second-order valence-corrected chi connectivity index (χ2v) is 6.43. The van der Waals surface area contributed by atoms with Crippen LogP contribution >= 0.6 is 0 Å². The summed E-state index contributed by atoms with van der Waals surface area (Å²) in [5.74, 6) is -0.0684. The van der Waals surface area contributed by atoms with Gasteiger partial charge in [-0.25, -0.2) is 0 Å². The van der Waals surface area contributed by atoms with Gasteiger partial charge in [0.1, 0.15) is 5.69 Å². The number of amides is 1. The predicted molar refractivity (Wildman–Crippen MR) is 85.3 cm³/mol. The second kappa shape index (κ2) is 6.62. The Labute approximate surface area is 132 Å². The molecule has 1 aromatic heterocycles. The summed E-state index contributed by atoms with van der Waals surface area (Å²) in [5, 5.41) is 0.